The smallest absolute Gasteiger partial charge is 0.410 e. The number of nitrogens with zero attached hydrogens (tertiary/aromatic N) is 4. The Kier molecular flexibility index (Phi) is 8.33. The van der Waals surface area contributed by atoms with Gasteiger partial charge in [0.15, 0.2) is 5.96 Å². The van der Waals surface area contributed by atoms with Crippen LogP contribution in [0.4, 0.5) is 4.79 Å². The predicted molar refractivity (Wildman–Crippen MR) is 133 cm³/mol. The number of nitrogens with one attached hydrogen (secondary N) is 2. The van der Waals surface area contributed by atoms with E-state index in [1.807, 2.05) is 62.7 Å². The number of hydrogen-bond donors (Lipinski definition) is 2. The summed E-state index contributed by atoms with van der Waals surface area (Å²) in [4.78, 5) is 18.1. The molecule has 0 spiro atoms. The highest BCUT2D eigenvalue weighted by molar-refractivity contribution is 14.0. The molecule has 9 heteroatoms. The van der Waals surface area contributed by atoms with Gasteiger partial charge in [0, 0.05) is 37.9 Å². The zero-order valence-electron chi connectivity index (χ0n) is 19.1. The molecular formula is C22H33IN6O2. The molecule has 0 atom stereocenters. The van der Waals surface area contributed by atoms with Gasteiger partial charge in [-0.05, 0) is 46.8 Å². The quantitative estimate of drug-likeness (QED) is 0.353. The zero-order valence-corrected chi connectivity index (χ0v) is 21.4. The number of guanidine groups is 1. The van der Waals surface area contributed by atoms with E-state index in [0.29, 0.717) is 25.6 Å². The maximum atomic E-state index is 12.1. The summed E-state index contributed by atoms with van der Waals surface area (Å²) in [5, 5.41) is 11.4. The Labute approximate surface area is 201 Å². The molecule has 0 bridgehead atoms. The minimum atomic E-state index is -0.479. The fourth-order valence-corrected chi connectivity index (χ4v) is 3.36. The standard InChI is InChI=1S/C22H32N6O2.HI/c1-15-19(16(2)28(26-15)18-10-8-7-9-11-18)12-24-20(23-6)25-17-13-27(14-17)21(29)30-22(3,4)5;/h7-11,17H,12-14H2,1-6H3,(H2,23,24,25);1H. The number of ether oxygens (including phenoxy) is 1. The van der Waals surface area contributed by atoms with Crippen LogP contribution in [0.5, 0.6) is 0 Å². The van der Waals surface area contributed by atoms with Crippen LogP contribution >= 0.6 is 24.0 Å². The van der Waals surface area contributed by atoms with Crippen molar-refractivity contribution in [2.24, 2.45) is 4.99 Å². The molecule has 0 radical (unpaired) electrons. The number of aliphatic imine (C=N–C) groups is 1. The van der Waals surface area contributed by atoms with Crippen LogP contribution < -0.4 is 10.6 Å². The Bertz CT molecular complexity index is 914. The highest BCUT2D eigenvalue weighted by Crippen LogP contribution is 2.18. The van der Waals surface area contributed by atoms with E-state index in [1.165, 1.54) is 0 Å². The molecule has 0 saturated carbocycles. The first-order chi connectivity index (χ1) is 14.2. The number of aromatic nitrogens is 2. The van der Waals surface area contributed by atoms with Crippen molar-refractivity contribution >= 4 is 36.0 Å². The number of carbonyl (C=O) groups excluding carboxylic acids is 1. The lowest BCUT2D eigenvalue weighted by Crippen LogP contribution is -2.63. The van der Waals surface area contributed by atoms with E-state index < -0.39 is 5.60 Å². The van der Waals surface area contributed by atoms with E-state index in [-0.39, 0.29) is 36.1 Å². The van der Waals surface area contributed by atoms with Crippen molar-refractivity contribution in [1.29, 1.82) is 0 Å². The number of aryl methyl sites for hydroxylation is 1. The normalized spacial score (nSPS) is 14.5. The Morgan fingerprint density at radius 1 is 1.23 bits per heavy atom. The van der Waals surface area contributed by atoms with Crippen LogP contribution in [0.25, 0.3) is 5.69 Å². The monoisotopic (exact) mass is 540 g/mol. The Morgan fingerprint density at radius 3 is 2.45 bits per heavy atom. The van der Waals surface area contributed by atoms with Crippen molar-refractivity contribution in [3.8, 4) is 5.69 Å². The van der Waals surface area contributed by atoms with Crippen LogP contribution in [-0.2, 0) is 11.3 Å². The lowest BCUT2D eigenvalue weighted by molar-refractivity contribution is 0.00701. The topological polar surface area (TPSA) is 83.8 Å². The lowest BCUT2D eigenvalue weighted by atomic mass is 10.1. The number of likely N-dealkylation sites (tertiary alicyclic amines) is 1. The molecule has 2 N–H and O–H groups in total. The summed E-state index contributed by atoms with van der Waals surface area (Å²) in [7, 11) is 1.74. The van der Waals surface area contributed by atoms with Gasteiger partial charge < -0.3 is 20.3 Å². The van der Waals surface area contributed by atoms with Gasteiger partial charge in [-0.1, -0.05) is 18.2 Å². The molecule has 31 heavy (non-hydrogen) atoms. The maximum Gasteiger partial charge on any atom is 0.410 e. The third-order valence-corrected chi connectivity index (χ3v) is 4.97. The van der Waals surface area contributed by atoms with Crippen molar-refractivity contribution in [3.63, 3.8) is 0 Å². The molecule has 1 aliphatic rings. The van der Waals surface area contributed by atoms with Crippen LogP contribution in [0.3, 0.4) is 0 Å². The molecular weight excluding hydrogens is 507 g/mol. The van der Waals surface area contributed by atoms with Gasteiger partial charge in [0.1, 0.15) is 5.60 Å². The van der Waals surface area contributed by atoms with Crippen molar-refractivity contribution < 1.29 is 9.53 Å². The van der Waals surface area contributed by atoms with Crippen LogP contribution in [-0.4, -0.2) is 58.5 Å². The molecule has 2 aromatic rings. The summed E-state index contributed by atoms with van der Waals surface area (Å²) in [6, 6.07) is 10.3. The summed E-state index contributed by atoms with van der Waals surface area (Å²) in [5.74, 6) is 0.704. The molecule has 0 unspecified atom stereocenters. The molecule has 0 aliphatic carbocycles. The SMILES string of the molecule is CN=C(NCc1c(C)nn(-c2ccccc2)c1C)NC1CN(C(=O)OC(C)(C)C)C1.I. The molecule has 1 aromatic heterocycles. The Morgan fingerprint density at radius 2 is 1.87 bits per heavy atom. The Balaban J connectivity index is 0.00000341. The first kappa shape index (κ1) is 25.0. The van der Waals surface area contributed by atoms with Gasteiger partial charge >= 0.3 is 6.09 Å². The van der Waals surface area contributed by atoms with Crippen molar-refractivity contribution in [1.82, 2.24) is 25.3 Å². The molecule has 8 nitrogen and oxygen atoms in total. The highest BCUT2D eigenvalue weighted by atomic mass is 127. The fourth-order valence-electron chi connectivity index (χ4n) is 3.36. The number of para-hydroxylation sites is 1. The van der Waals surface area contributed by atoms with E-state index in [4.69, 9.17) is 4.74 Å². The average Bonchev–Trinajstić information content (AvgIpc) is 2.93. The third kappa shape index (κ3) is 6.34. The number of benzene rings is 1. The minimum Gasteiger partial charge on any atom is -0.444 e. The number of hydrogen-bond acceptors (Lipinski definition) is 4. The largest absolute Gasteiger partial charge is 0.444 e. The van der Waals surface area contributed by atoms with E-state index in [9.17, 15) is 4.79 Å². The second kappa shape index (κ2) is 10.3. The Hall–Kier alpha value is -2.30. The molecule has 1 amide bonds. The first-order valence-corrected chi connectivity index (χ1v) is 10.2. The molecule has 170 valence electrons. The summed E-state index contributed by atoms with van der Waals surface area (Å²) in [6.07, 6.45) is -0.275. The molecule has 1 aromatic carbocycles. The second-order valence-electron chi connectivity index (χ2n) is 8.55. The molecule has 3 rings (SSSR count). The number of rotatable bonds is 4. The number of amides is 1. The van der Waals surface area contributed by atoms with Crippen LogP contribution in [0.15, 0.2) is 35.3 Å². The summed E-state index contributed by atoms with van der Waals surface area (Å²) < 4.78 is 7.36. The summed E-state index contributed by atoms with van der Waals surface area (Å²) in [5.41, 5.74) is 3.79. The number of halogens is 1. The van der Waals surface area contributed by atoms with Gasteiger partial charge in [0.25, 0.3) is 0 Å². The molecule has 2 heterocycles. The highest BCUT2D eigenvalue weighted by Gasteiger charge is 2.34. The van der Waals surface area contributed by atoms with E-state index >= 15 is 0 Å². The van der Waals surface area contributed by atoms with Crippen molar-refractivity contribution in [3.05, 3.63) is 47.3 Å². The fraction of sp³-hybridized carbons (Fsp3) is 0.500. The molecule has 1 saturated heterocycles. The van der Waals surface area contributed by atoms with E-state index in [2.05, 4.69) is 27.6 Å². The van der Waals surface area contributed by atoms with E-state index in [0.717, 1.165) is 22.6 Å². The van der Waals surface area contributed by atoms with Crippen molar-refractivity contribution in [2.75, 3.05) is 20.1 Å². The zero-order chi connectivity index (χ0) is 21.9. The van der Waals surface area contributed by atoms with Gasteiger partial charge in [-0.15, -0.1) is 24.0 Å². The van der Waals surface area contributed by atoms with Gasteiger partial charge in [-0.25, -0.2) is 9.48 Å². The lowest BCUT2D eigenvalue weighted by Gasteiger charge is -2.40. The second-order valence-corrected chi connectivity index (χ2v) is 8.55. The third-order valence-electron chi connectivity index (χ3n) is 4.97. The van der Waals surface area contributed by atoms with Gasteiger partial charge in [-0.2, -0.15) is 5.10 Å². The predicted octanol–water partition coefficient (Wildman–Crippen LogP) is 3.39. The average molecular weight is 540 g/mol. The summed E-state index contributed by atoms with van der Waals surface area (Å²) >= 11 is 0. The maximum absolute atomic E-state index is 12.1. The van der Waals surface area contributed by atoms with Gasteiger partial charge in [0.2, 0.25) is 0 Å². The van der Waals surface area contributed by atoms with Crippen LogP contribution in [0.1, 0.15) is 37.7 Å². The first-order valence-electron chi connectivity index (χ1n) is 10.2. The molecule has 1 fully saturated rings. The van der Waals surface area contributed by atoms with E-state index in [1.54, 1.807) is 11.9 Å². The van der Waals surface area contributed by atoms with Crippen molar-refractivity contribution in [2.45, 2.75) is 52.8 Å². The van der Waals surface area contributed by atoms with Crippen LogP contribution in [0, 0.1) is 13.8 Å². The van der Waals surface area contributed by atoms with Crippen LogP contribution in [0.2, 0.25) is 0 Å². The summed E-state index contributed by atoms with van der Waals surface area (Å²) in [6.45, 7) is 11.5. The molecule has 1 aliphatic heterocycles. The number of carbonyl (C=O) groups is 1. The van der Waals surface area contributed by atoms with Gasteiger partial charge in [0.05, 0.1) is 17.4 Å². The van der Waals surface area contributed by atoms with Gasteiger partial charge in [-0.3, -0.25) is 4.99 Å². The minimum absolute atomic E-state index is 0.